The minimum Gasteiger partial charge on any atom is -0.505 e. The summed E-state index contributed by atoms with van der Waals surface area (Å²) >= 11 is 0. The zero-order valence-corrected chi connectivity index (χ0v) is 19.8. The van der Waals surface area contributed by atoms with Crippen LogP contribution in [0.15, 0.2) is 97.1 Å². The lowest BCUT2D eigenvalue weighted by molar-refractivity contribution is 0.306. The quantitative estimate of drug-likeness (QED) is 0.281. The van der Waals surface area contributed by atoms with Crippen LogP contribution >= 0.6 is 0 Å². The lowest BCUT2D eigenvalue weighted by atomic mass is 9.96. The van der Waals surface area contributed by atoms with Gasteiger partial charge >= 0.3 is 0 Å². The van der Waals surface area contributed by atoms with Crippen molar-refractivity contribution >= 4 is 16.7 Å². The fraction of sp³-hybridized carbons (Fsp3) is 0.133. The largest absolute Gasteiger partial charge is 0.505 e. The smallest absolute Gasteiger partial charge is 0.147 e. The van der Waals surface area contributed by atoms with Crippen molar-refractivity contribution in [2.75, 3.05) is 5.32 Å². The van der Waals surface area contributed by atoms with Gasteiger partial charge in [-0.25, -0.2) is 9.97 Å². The minimum absolute atomic E-state index is 0.159. The van der Waals surface area contributed by atoms with Crippen LogP contribution in [-0.2, 0) is 6.61 Å². The first-order chi connectivity index (χ1) is 17.1. The van der Waals surface area contributed by atoms with Gasteiger partial charge in [-0.3, -0.25) is 0 Å². The van der Waals surface area contributed by atoms with E-state index < -0.39 is 0 Å². The van der Waals surface area contributed by atoms with E-state index in [2.05, 4.69) is 15.3 Å². The van der Waals surface area contributed by atoms with E-state index in [1.54, 1.807) is 0 Å². The monoisotopic (exact) mass is 461 g/mol. The Morgan fingerprint density at radius 2 is 1.57 bits per heavy atom. The van der Waals surface area contributed by atoms with Crippen LogP contribution in [0.1, 0.15) is 34.1 Å². The normalized spacial score (nSPS) is 11.8. The van der Waals surface area contributed by atoms with Gasteiger partial charge in [0.25, 0.3) is 0 Å². The molecule has 0 radical (unpaired) electrons. The number of hydrogen-bond donors (Lipinski definition) is 2. The maximum atomic E-state index is 11.3. The summed E-state index contributed by atoms with van der Waals surface area (Å²) in [5.74, 6) is 1.64. The van der Waals surface area contributed by atoms with Gasteiger partial charge in [-0.05, 0) is 55.3 Å². The number of hydrogen-bond acceptors (Lipinski definition) is 5. The Balaban J connectivity index is 1.54. The number of nitrogens with one attached hydrogen (secondary N) is 1. The number of rotatable bonds is 7. The number of nitrogens with zero attached hydrogens (tertiary/aromatic N) is 2. The lowest BCUT2D eigenvalue weighted by Gasteiger charge is -2.23. The number of phenolic OH excluding ortho intramolecular Hbond substituents is 1. The van der Waals surface area contributed by atoms with Crippen LogP contribution < -0.4 is 10.1 Å². The molecule has 0 amide bonds. The fourth-order valence-electron chi connectivity index (χ4n) is 4.16. The first-order valence-electron chi connectivity index (χ1n) is 11.6. The Hall–Kier alpha value is -4.38. The molecule has 5 rings (SSSR count). The van der Waals surface area contributed by atoms with Gasteiger partial charge in [-0.1, -0.05) is 66.7 Å². The number of benzene rings is 3. The Bertz CT molecular complexity index is 1470. The maximum absolute atomic E-state index is 11.3. The number of aromatic nitrogens is 2. The number of pyridine rings is 2. The molecule has 0 fully saturated rings. The van der Waals surface area contributed by atoms with Gasteiger partial charge in [0, 0.05) is 22.3 Å². The third-order valence-corrected chi connectivity index (χ3v) is 5.94. The molecular weight excluding hydrogens is 434 g/mol. The maximum Gasteiger partial charge on any atom is 0.147 e. The molecule has 0 saturated heterocycles. The highest BCUT2D eigenvalue weighted by Gasteiger charge is 2.21. The van der Waals surface area contributed by atoms with E-state index in [9.17, 15) is 5.11 Å². The molecule has 0 spiro atoms. The second-order valence-electron chi connectivity index (χ2n) is 8.62. The summed E-state index contributed by atoms with van der Waals surface area (Å²) in [6, 6.07) is 31.4. The Morgan fingerprint density at radius 1 is 0.800 bits per heavy atom. The van der Waals surface area contributed by atoms with Gasteiger partial charge in [0.05, 0.1) is 6.04 Å². The molecule has 2 aromatic heterocycles. The van der Waals surface area contributed by atoms with Gasteiger partial charge in [-0.2, -0.15) is 0 Å². The molecule has 0 aliphatic heterocycles. The van der Waals surface area contributed by atoms with Crippen LogP contribution in [-0.4, -0.2) is 15.1 Å². The molecule has 0 bridgehead atoms. The summed E-state index contributed by atoms with van der Waals surface area (Å²) < 4.78 is 6.09. The lowest BCUT2D eigenvalue weighted by Crippen LogP contribution is -2.14. The molecule has 5 aromatic rings. The van der Waals surface area contributed by atoms with E-state index in [0.29, 0.717) is 12.1 Å². The molecule has 0 saturated carbocycles. The highest BCUT2D eigenvalue weighted by Crippen LogP contribution is 2.37. The topological polar surface area (TPSA) is 67.3 Å². The van der Waals surface area contributed by atoms with Crippen molar-refractivity contribution in [1.82, 2.24) is 9.97 Å². The van der Waals surface area contributed by atoms with Crippen molar-refractivity contribution < 1.29 is 9.84 Å². The Morgan fingerprint density at radius 3 is 2.40 bits per heavy atom. The zero-order valence-electron chi connectivity index (χ0n) is 19.8. The summed E-state index contributed by atoms with van der Waals surface area (Å²) in [7, 11) is 0. The molecule has 3 aromatic carbocycles. The number of aryl methyl sites for hydroxylation is 2. The van der Waals surface area contributed by atoms with Crippen molar-refractivity contribution in [3.63, 3.8) is 0 Å². The number of ether oxygens (including phenoxy) is 1. The van der Waals surface area contributed by atoms with E-state index in [-0.39, 0.29) is 11.8 Å². The summed E-state index contributed by atoms with van der Waals surface area (Å²) in [4.78, 5) is 9.22. The third kappa shape index (κ3) is 5.09. The zero-order chi connectivity index (χ0) is 24.2. The van der Waals surface area contributed by atoms with Crippen LogP contribution in [0.3, 0.4) is 0 Å². The number of anilines is 1. The molecule has 0 aliphatic carbocycles. The number of phenols is 1. The molecule has 2 N–H and O–H groups in total. The molecule has 0 unspecified atom stereocenters. The van der Waals surface area contributed by atoms with Crippen LogP contribution in [0.4, 0.5) is 5.82 Å². The van der Waals surface area contributed by atoms with Gasteiger partial charge in [0.15, 0.2) is 0 Å². The van der Waals surface area contributed by atoms with E-state index >= 15 is 0 Å². The van der Waals surface area contributed by atoms with E-state index in [1.807, 2.05) is 111 Å². The average molecular weight is 462 g/mol. The molecule has 35 heavy (non-hydrogen) atoms. The second kappa shape index (κ2) is 9.85. The van der Waals surface area contributed by atoms with Crippen molar-refractivity contribution in [2.24, 2.45) is 0 Å². The van der Waals surface area contributed by atoms with Crippen molar-refractivity contribution in [1.29, 1.82) is 0 Å². The molecule has 174 valence electrons. The summed E-state index contributed by atoms with van der Waals surface area (Å²) in [6.07, 6.45) is 0. The first kappa shape index (κ1) is 22.4. The van der Waals surface area contributed by atoms with Gasteiger partial charge in [0.1, 0.15) is 29.4 Å². The molecular formula is C30H27N3O2. The Kier molecular flexibility index (Phi) is 6.31. The van der Waals surface area contributed by atoms with E-state index in [0.717, 1.165) is 45.0 Å². The average Bonchev–Trinajstić information content (AvgIpc) is 2.88. The van der Waals surface area contributed by atoms with Gasteiger partial charge < -0.3 is 15.2 Å². The van der Waals surface area contributed by atoms with Gasteiger partial charge in [-0.15, -0.1) is 0 Å². The van der Waals surface area contributed by atoms with Crippen molar-refractivity contribution in [3.05, 3.63) is 125 Å². The highest BCUT2D eigenvalue weighted by molar-refractivity contribution is 5.86. The molecule has 1 atom stereocenters. The predicted molar refractivity (Wildman–Crippen MR) is 140 cm³/mol. The van der Waals surface area contributed by atoms with Crippen molar-refractivity contribution in [3.8, 4) is 11.5 Å². The summed E-state index contributed by atoms with van der Waals surface area (Å²) in [5, 5.41) is 15.7. The molecule has 0 aliphatic rings. The van der Waals surface area contributed by atoms with Gasteiger partial charge in [0.2, 0.25) is 0 Å². The van der Waals surface area contributed by atoms with E-state index in [1.165, 1.54) is 0 Å². The standard InChI is InChI=1S/C30H27N3O2/c1-20-8-6-13-27(31-20)33-28(26-17-16-23-15-14-21(2)32-29(23)30(26)34)24-11-7-12-25(18-24)35-19-22-9-4-3-5-10-22/h3-18,28,34H,19H2,1-2H3,(H,31,33)/t28-/m1/s1. The van der Waals surface area contributed by atoms with Crippen LogP contribution in [0, 0.1) is 13.8 Å². The number of fused-ring (bicyclic) bond motifs is 1. The Labute approximate surface area is 205 Å². The summed E-state index contributed by atoms with van der Waals surface area (Å²) in [6.45, 7) is 4.36. The van der Waals surface area contributed by atoms with Crippen LogP contribution in [0.2, 0.25) is 0 Å². The number of aromatic hydroxyl groups is 1. The molecule has 5 nitrogen and oxygen atoms in total. The summed E-state index contributed by atoms with van der Waals surface area (Å²) in [5.41, 5.74) is 5.12. The predicted octanol–water partition coefficient (Wildman–Crippen LogP) is 6.73. The second-order valence-corrected chi connectivity index (χ2v) is 8.62. The molecule has 2 heterocycles. The third-order valence-electron chi connectivity index (χ3n) is 5.94. The first-order valence-corrected chi connectivity index (χ1v) is 11.6. The van der Waals surface area contributed by atoms with Crippen molar-refractivity contribution in [2.45, 2.75) is 26.5 Å². The highest BCUT2D eigenvalue weighted by atomic mass is 16.5. The van der Waals surface area contributed by atoms with Crippen LogP contribution in [0.25, 0.3) is 10.9 Å². The van der Waals surface area contributed by atoms with E-state index in [4.69, 9.17) is 4.74 Å². The SMILES string of the molecule is Cc1cccc(N[C@H](c2cccc(OCc3ccccc3)c2)c2ccc3ccc(C)nc3c2O)n1. The minimum atomic E-state index is -0.365. The molecule has 5 heteroatoms. The van der Waals surface area contributed by atoms with Crippen LogP contribution in [0.5, 0.6) is 11.5 Å². The fourth-order valence-corrected chi connectivity index (χ4v) is 4.16.